The van der Waals surface area contributed by atoms with E-state index in [1.165, 1.54) is 12.1 Å². The summed E-state index contributed by atoms with van der Waals surface area (Å²) in [5.74, 6) is -0.870. The Bertz CT molecular complexity index is 456. The number of carbonyl (C=O) groups is 1. The predicted molar refractivity (Wildman–Crippen MR) is 65.6 cm³/mol. The van der Waals surface area contributed by atoms with Gasteiger partial charge in [-0.05, 0) is 25.8 Å². The fraction of sp³-hybridized carbons (Fsp3) is 0.462. The van der Waals surface area contributed by atoms with Gasteiger partial charge in [-0.25, -0.2) is 0 Å². The van der Waals surface area contributed by atoms with Gasteiger partial charge in [0.15, 0.2) is 0 Å². The second-order valence-electron chi connectivity index (χ2n) is 4.72. The van der Waals surface area contributed by atoms with Crippen LogP contribution < -0.4 is 0 Å². The van der Waals surface area contributed by atoms with E-state index in [4.69, 9.17) is 5.11 Å². The molecule has 1 aromatic rings. The number of hydrogen-bond donors (Lipinski definition) is 3. The molecule has 1 aromatic carbocycles. The zero-order chi connectivity index (χ0) is 13.3. The monoisotopic (exact) mass is 251 g/mol. The van der Waals surface area contributed by atoms with E-state index in [1.807, 2.05) is 11.8 Å². The van der Waals surface area contributed by atoms with Gasteiger partial charge in [0.05, 0.1) is 6.54 Å². The molecule has 18 heavy (non-hydrogen) atoms. The van der Waals surface area contributed by atoms with Crippen molar-refractivity contribution >= 4 is 5.97 Å². The Morgan fingerprint density at radius 2 is 2.11 bits per heavy atom. The van der Waals surface area contributed by atoms with Crippen molar-refractivity contribution in [3.63, 3.8) is 0 Å². The molecule has 1 aliphatic carbocycles. The molecule has 0 spiro atoms. The smallest absolute Gasteiger partial charge is 0.317 e. The first-order chi connectivity index (χ1) is 8.49. The van der Waals surface area contributed by atoms with Crippen molar-refractivity contribution in [1.29, 1.82) is 0 Å². The van der Waals surface area contributed by atoms with Gasteiger partial charge in [-0.3, -0.25) is 9.69 Å². The molecule has 0 aromatic heterocycles. The van der Waals surface area contributed by atoms with Crippen LogP contribution in [0.25, 0.3) is 0 Å². The second kappa shape index (κ2) is 4.86. The Labute approximate surface area is 105 Å². The summed E-state index contributed by atoms with van der Waals surface area (Å²) in [5.41, 5.74) is 0.640. The van der Waals surface area contributed by atoms with Gasteiger partial charge in [-0.1, -0.05) is 6.07 Å². The highest BCUT2D eigenvalue weighted by molar-refractivity contribution is 5.69. The van der Waals surface area contributed by atoms with E-state index >= 15 is 0 Å². The number of carboxylic acids is 1. The Morgan fingerprint density at radius 1 is 1.44 bits per heavy atom. The number of phenols is 2. The van der Waals surface area contributed by atoms with E-state index in [9.17, 15) is 15.0 Å². The van der Waals surface area contributed by atoms with Crippen LogP contribution in [0.15, 0.2) is 18.2 Å². The summed E-state index contributed by atoms with van der Waals surface area (Å²) in [7, 11) is 0. The number of hydrogen-bond acceptors (Lipinski definition) is 4. The third-order valence-electron chi connectivity index (χ3n) is 3.30. The van der Waals surface area contributed by atoms with Gasteiger partial charge in [0.1, 0.15) is 11.5 Å². The van der Waals surface area contributed by atoms with Crippen molar-refractivity contribution in [2.24, 2.45) is 0 Å². The van der Waals surface area contributed by atoms with Crippen molar-refractivity contribution in [1.82, 2.24) is 4.90 Å². The summed E-state index contributed by atoms with van der Waals surface area (Å²) in [5, 5.41) is 28.0. The maximum atomic E-state index is 10.9. The molecular weight excluding hydrogens is 234 g/mol. The number of phenolic OH excluding ortho intramolecular Hbond substituents is 2. The molecule has 0 bridgehead atoms. The molecule has 0 saturated heterocycles. The molecule has 1 atom stereocenters. The number of rotatable bonds is 5. The summed E-state index contributed by atoms with van der Waals surface area (Å²) in [6, 6.07) is 4.50. The van der Waals surface area contributed by atoms with E-state index in [0.717, 1.165) is 12.8 Å². The molecule has 1 fully saturated rings. The van der Waals surface area contributed by atoms with Crippen LogP contribution in [0.4, 0.5) is 0 Å². The fourth-order valence-electron chi connectivity index (χ4n) is 2.21. The van der Waals surface area contributed by atoms with Gasteiger partial charge in [-0.15, -0.1) is 0 Å². The molecule has 98 valence electrons. The standard InChI is InChI=1S/C13H17NO4/c1-8(11-5-4-10(15)6-12(11)16)14(7-13(17)18)9-2-3-9/h4-6,8-9,15-16H,2-3,7H2,1H3,(H,17,18). The fourth-order valence-corrected chi connectivity index (χ4v) is 2.21. The van der Waals surface area contributed by atoms with Crippen LogP contribution in [0.1, 0.15) is 31.4 Å². The maximum Gasteiger partial charge on any atom is 0.317 e. The molecule has 1 unspecified atom stereocenters. The molecule has 0 radical (unpaired) electrons. The van der Waals surface area contributed by atoms with Crippen LogP contribution in [0, 0.1) is 0 Å². The zero-order valence-corrected chi connectivity index (χ0v) is 10.2. The van der Waals surface area contributed by atoms with Gasteiger partial charge in [-0.2, -0.15) is 0 Å². The highest BCUT2D eigenvalue weighted by Crippen LogP contribution is 2.37. The Morgan fingerprint density at radius 3 is 2.61 bits per heavy atom. The van der Waals surface area contributed by atoms with Crippen molar-refractivity contribution in [3.05, 3.63) is 23.8 Å². The molecule has 3 N–H and O–H groups in total. The van der Waals surface area contributed by atoms with Gasteiger partial charge in [0, 0.05) is 23.7 Å². The van der Waals surface area contributed by atoms with E-state index in [1.54, 1.807) is 6.07 Å². The molecule has 0 heterocycles. The highest BCUT2D eigenvalue weighted by Gasteiger charge is 2.34. The van der Waals surface area contributed by atoms with E-state index in [0.29, 0.717) is 5.56 Å². The minimum absolute atomic E-state index is 0.000318. The number of aliphatic carboxylic acids is 1. The van der Waals surface area contributed by atoms with Crippen LogP contribution in [0.2, 0.25) is 0 Å². The Kier molecular flexibility index (Phi) is 3.43. The lowest BCUT2D eigenvalue weighted by atomic mass is 10.1. The minimum atomic E-state index is -0.869. The third-order valence-corrected chi connectivity index (χ3v) is 3.30. The first-order valence-electron chi connectivity index (χ1n) is 5.98. The van der Waals surface area contributed by atoms with Crippen LogP contribution in [-0.4, -0.2) is 38.8 Å². The summed E-state index contributed by atoms with van der Waals surface area (Å²) >= 11 is 0. The summed E-state index contributed by atoms with van der Waals surface area (Å²) in [6.45, 7) is 1.83. The summed E-state index contributed by atoms with van der Waals surface area (Å²) in [4.78, 5) is 12.7. The lowest BCUT2D eigenvalue weighted by molar-refractivity contribution is -0.139. The predicted octanol–water partition coefficient (Wildman–Crippen LogP) is 1.71. The quantitative estimate of drug-likeness (QED) is 0.742. The van der Waals surface area contributed by atoms with Crippen LogP contribution in [0.3, 0.4) is 0 Å². The minimum Gasteiger partial charge on any atom is -0.508 e. The topological polar surface area (TPSA) is 81.0 Å². The number of nitrogens with zero attached hydrogens (tertiary/aromatic N) is 1. The normalized spacial score (nSPS) is 16.8. The van der Waals surface area contributed by atoms with E-state index in [-0.39, 0.29) is 30.1 Å². The molecule has 0 aliphatic heterocycles. The highest BCUT2D eigenvalue weighted by atomic mass is 16.4. The van der Waals surface area contributed by atoms with Crippen LogP contribution in [-0.2, 0) is 4.79 Å². The van der Waals surface area contributed by atoms with E-state index in [2.05, 4.69) is 0 Å². The van der Waals surface area contributed by atoms with Crippen molar-refractivity contribution < 1.29 is 20.1 Å². The lowest BCUT2D eigenvalue weighted by Gasteiger charge is -2.28. The Hall–Kier alpha value is -1.75. The average molecular weight is 251 g/mol. The molecule has 5 heteroatoms. The number of aromatic hydroxyl groups is 2. The zero-order valence-electron chi connectivity index (χ0n) is 10.2. The first kappa shape index (κ1) is 12.7. The summed E-state index contributed by atoms with van der Waals surface area (Å²) in [6.07, 6.45) is 1.99. The van der Waals surface area contributed by atoms with Gasteiger partial charge >= 0.3 is 5.97 Å². The van der Waals surface area contributed by atoms with Crippen molar-refractivity contribution in [2.75, 3.05) is 6.54 Å². The van der Waals surface area contributed by atoms with Crippen LogP contribution in [0.5, 0.6) is 11.5 Å². The van der Waals surface area contributed by atoms with Crippen molar-refractivity contribution in [3.8, 4) is 11.5 Å². The molecular formula is C13H17NO4. The molecule has 2 rings (SSSR count). The summed E-state index contributed by atoms with van der Waals surface area (Å²) < 4.78 is 0. The SMILES string of the molecule is CC(c1ccc(O)cc1O)N(CC(=O)O)C1CC1. The average Bonchev–Trinajstić information content (AvgIpc) is 3.08. The van der Waals surface area contributed by atoms with Gasteiger partial charge in [0.25, 0.3) is 0 Å². The first-order valence-corrected chi connectivity index (χ1v) is 5.98. The largest absolute Gasteiger partial charge is 0.508 e. The second-order valence-corrected chi connectivity index (χ2v) is 4.72. The number of carboxylic acid groups (broad SMARTS) is 1. The Balaban J connectivity index is 2.21. The molecule has 0 amide bonds. The maximum absolute atomic E-state index is 10.9. The molecule has 5 nitrogen and oxygen atoms in total. The van der Waals surface area contributed by atoms with Gasteiger partial charge < -0.3 is 15.3 Å². The number of benzene rings is 1. The third kappa shape index (κ3) is 2.73. The molecule has 1 aliphatic rings. The van der Waals surface area contributed by atoms with Crippen LogP contribution >= 0.6 is 0 Å². The van der Waals surface area contributed by atoms with Crippen molar-refractivity contribution in [2.45, 2.75) is 31.8 Å². The lowest BCUT2D eigenvalue weighted by Crippen LogP contribution is -2.34. The van der Waals surface area contributed by atoms with E-state index < -0.39 is 5.97 Å². The van der Waals surface area contributed by atoms with Gasteiger partial charge in [0.2, 0.25) is 0 Å². The molecule has 1 saturated carbocycles.